The van der Waals surface area contributed by atoms with Gasteiger partial charge in [0.15, 0.2) is 0 Å². The van der Waals surface area contributed by atoms with Crippen LogP contribution in [0.15, 0.2) is 0 Å². The van der Waals surface area contributed by atoms with Crippen LogP contribution in [-0.4, -0.2) is 24.2 Å². The Morgan fingerprint density at radius 1 is 0.842 bits per heavy atom. The Balaban J connectivity index is 3.28. The topological polar surface area (TPSA) is 26.3 Å². The Bertz CT molecular complexity index is 227. The Kier molecular flexibility index (Phi) is 11.5. The fraction of sp³-hybridized carbons (Fsp3) is 0.938. The molecule has 0 amide bonds. The summed E-state index contributed by atoms with van der Waals surface area (Å²) in [5.74, 6) is 0.926. The number of carbonyl (C=O) groups is 1. The molecule has 0 atom stereocenters. The average Bonchev–Trinajstić information content (AvgIpc) is 2.30. The van der Waals surface area contributed by atoms with Crippen molar-refractivity contribution in [2.24, 2.45) is 0 Å². The van der Waals surface area contributed by atoms with E-state index in [0.717, 1.165) is 5.75 Å². The van der Waals surface area contributed by atoms with Crippen molar-refractivity contribution in [3.05, 3.63) is 0 Å². The maximum atomic E-state index is 10.9. The zero-order chi connectivity index (χ0) is 14.6. The zero-order valence-electron chi connectivity index (χ0n) is 13.5. The van der Waals surface area contributed by atoms with Crippen LogP contribution in [-0.2, 0) is 8.98 Å². The molecular formula is C16H34O2S. The minimum absolute atomic E-state index is 0.132. The Labute approximate surface area is 122 Å². The first-order chi connectivity index (χ1) is 8.98. The molecule has 2 nitrogen and oxygen atoms in total. The third-order valence-corrected chi connectivity index (χ3v) is 5.29. The molecule has 0 radical (unpaired) electrons. The number of hydrogen-bond donors (Lipinski definition) is 0. The van der Waals surface area contributed by atoms with E-state index in [1.807, 2.05) is 0 Å². The van der Waals surface area contributed by atoms with E-state index in [1.54, 1.807) is 0 Å². The van der Waals surface area contributed by atoms with Crippen molar-refractivity contribution in [2.45, 2.75) is 78.1 Å². The molecule has 0 fully saturated rings. The second-order valence-electron chi connectivity index (χ2n) is 5.90. The molecule has 0 aromatic heterocycles. The summed E-state index contributed by atoms with van der Waals surface area (Å²) in [5, 5.41) is 0. The number of hydrogen-bond acceptors (Lipinski definition) is 2. The Hall–Kier alpha value is -0.180. The molecule has 116 valence electrons. The molecular weight excluding hydrogens is 256 g/mol. The standard InChI is InChI=1S/C16H34O2S/c1-5-6-7-8-9-10-11-12-13-14-15-19(3,4)18-16(2)17/h5-15H2,1-4H3. The fourth-order valence-electron chi connectivity index (χ4n) is 2.30. The highest BCUT2D eigenvalue weighted by Gasteiger charge is 2.14. The van der Waals surface area contributed by atoms with Gasteiger partial charge in [-0.15, -0.1) is 0 Å². The van der Waals surface area contributed by atoms with Gasteiger partial charge in [0.05, 0.1) is 0 Å². The van der Waals surface area contributed by atoms with Gasteiger partial charge in [-0.2, -0.15) is 0 Å². The molecule has 0 rings (SSSR count). The van der Waals surface area contributed by atoms with Crippen LogP contribution in [0, 0.1) is 0 Å². The summed E-state index contributed by atoms with van der Waals surface area (Å²) in [5.41, 5.74) is 0. The first-order valence-corrected chi connectivity index (χ1v) is 10.4. The van der Waals surface area contributed by atoms with Gasteiger partial charge in [0.1, 0.15) is 0 Å². The van der Waals surface area contributed by atoms with Crippen molar-refractivity contribution < 1.29 is 8.98 Å². The van der Waals surface area contributed by atoms with E-state index in [1.165, 1.54) is 71.1 Å². The molecule has 3 heteroatoms. The molecule has 0 bridgehead atoms. The lowest BCUT2D eigenvalue weighted by molar-refractivity contribution is -0.130. The highest BCUT2D eigenvalue weighted by molar-refractivity contribution is 8.29. The highest BCUT2D eigenvalue weighted by Crippen LogP contribution is 2.42. The molecule has 0 N–H and O–H groups in total. The fourth-order valence-corrected chi connectivity index (χ4v) is 3.91. The van der Waals surface area contributed by atoms with Crippen molar-refractivity contribution in [3.63, 3.8) is 0 Å². The minimum Gasteiger partial charge on any atom is -0.416 e. The first-order valence-electron chi connectivity index (χ1n) is 7.89. The van der Waals surface area contributed by atoms with Crippen molar-refractivity contribution >= 4 is 16.3 Å². The summed E-state index contributed by atoms with van der Waals surface area (Å²) in [7, 11) is -1.14. The van der Waals surface area contributed by atoms with Crippen LogP contribution in [0.1, 0.15) is 78.1 Å². The first kappa shape index (κ1) is 18.8. The summed E-state index contributed by atoms with van der Waals surface area (Å²) in [6.07, 6.45) is 17.7. The van der Waals surface area contributed by atoms with E-state index in [0.29, 0.717) is 0 Å². The molecule has 0 saturated heterocycles. The van der Waals surface area contributed by atoms with Gasteiger partial charge in [-0.25, -0.2) is 0 Å². The van der Waals surface area contributed by atoms with Crippen LogP contribution in [0.25, 0.3) is 0 Å². The second-order valence-corrected chi connectivity index (χ2v) is 9.35. The Morgan fingerprint density at radius 2 is 1.26 bits per heavy atom. The molecule has 0 unspecified atom stereocenters. The summed E-state index contributed by atoms with van der Waals surface area (Å²) in [6.45, 7) is 3.77. The maximum absolute atomic E-state index is 10.9. The SMILES string of the molecule is CCCCCCCCCCCCS(C)(C)OC(C)=O. The lowest BCUT2D eigenvalue weighted by Gasteiger charge is -2.29. The van der Waals surface area contributed by atoms with E-state index in [-0.39, 0.29) is 5.97 Å². The van der Waals surface area contributed by atoms with Crippen molar-refractivity contribution in [3.8, 4) is 0 Å². The molecule has 0 aliphatic rings. The summed E-state index contributed by atoms with van der Waals surface area (Å²) in [6, 6.07) is 0. The molecule has 0 aromatic carbocycles. The van der Waals surface area contributed by atoms with Crippen LogP contribution >= 0.6 is 10.3 Å². The summed E-state index contributed by atoms with van der Waals surface area (Å²) < 4.78 is 5.36. The third kappa shape index (κ3) is 14.0. The molecule has 0 aliphatic carbocycles. The van der Waals surface area contributed by atoms with Gasteiger partial charge in [0.25, 0.3) is 0 Å². The van der Waals surface area contributed by atoms with Crippen LogP contribution in [0.3, 0.4) is 0 Å². The van der Waals surface area contributed by atoms with Gasteiger partial charge < -0.3 is 4.18 Å². The maximum Gasteiger partial charge on any atom is 0.313 e. The van der Waals surface area contributed by atoms with Crippen LogP contribution in [0.5, 0.6) is 0 Å². The molecule has 0 spiro atoms. The largest absolute Gasteiger partial charge is 0.416 e. The van der Waals surface area contributed by atoms with Crippen LogP contribution < -0.4 is 0 Å². The van der Waals surface area contributed by atoms with Gasteiger partial charge in [-0.1, -0.05) is 75.0 Å². The number of carbonyl (C=O) groups excluding carboxylic acids is 1. The number of unbranched alkanes of at least 4 members (excludes halogenated alkanes) is 9. The van der Waals surface area contributed by atoms with Crippen LogP contribution in [0.2, 0.25) is 0 Å². The monoisotopic (exact) mass is 290 g/mol. The summed E-state index contributed by atoms with van der Waals surface area (Å²) in [4.78, 5) is 10.9. The average molecular weight is 291 g/mol. The Morgan fingerprint density at radius 3 is 1.68 bits per heavy atom. The minimum atomic E-state index is -1.14. The van der Waals surface area contributed by atoms with Gasteiger partial charge in [0.2, 0.25) is 0 Å². The predicted molar refractivity (Wildman–Crippen MR) is 87.9 cm³/mol. The quantitative estimate of drug-likeness (QED) is 0.447. The van der Waals surface area contributed by atoms with E-state index in [9.17, 15) is 4.79 Å². The highest BCUT2D eigenvalue weighted by atomic mass is 32.3. The third-order valence-electron chi connectivity index (χ3n) is 3.33. The smallest absolute Gasteiger partial charge is 0.313 e. The second kappa shape index (κ2) is 11.6. The zero-order valence-corrected chi connectivity index (χ0v) is 14.3. The molecule has 0 aromatic rings. The predicted octanol–water partition coefficient (Wildman–Crippen LogP) is 5.45. The number of rotatable bonds is 12. The van der Waals surface area contributed by atoms with Crippen molar-refractivity contribution in [2.75, 3.05) is 18.3 Å². The van der Waals surface area contributed by atoms with Crippen molar-refractivity contribution in [1.29, 1.82) is 0 Å². The molecule has 0 aliphatic heterocycles. The molecule has 19 heavy (non-hydrogen) atoms. The van der Waals surface area contributed by atoms with Crippen molar-refractivity contribution in [1.82, 2.24) is 0 Å². The van der Waals surface area contributed by atoms with E-state index >= 15 is 0 Å². The van der Waals surface area contributed by atoms with Gasteiger partial charge >= 0.3 is 5.97 Å². The van der Waals surface area contributed by atoms with Gasteiger partial charge in [-0.3, -0.25) is 4.79 Å². The van der Waals surface area contributed by atoms with E-state index < -0.39 is 10.3 Å². The lowest BCUT2D eigenvalue weighted by Crippen LogP contribution is -2.09. The van der Waals surface area contributed by atoms with Crippen LogP contribution in [0.4, 0.5) is 0 Å². The normalized spacial score (nSPS) is 12.4. The van der Waals surface area contributed by atoms with Gasteiger partial charge in [0, 0.05) is 12.7 Å². The van der Waals surface area contributed by atoms with E-state index in [2.05, 4.69) is 19.4 Å². The van der Waals surface area contributed by atoms with E-state index in [4.69, 9.17) is 4.18 Å². The lowest BCUT2D eigenvalue weighted by atomic mass is 10.1. The molecule has 0 heterocycles. The molecule has 0 saturated carbocycles. The summed E-state index contributed by atoms with van der Waals surface area (Å²) >= 11 is 0. The van der Waals surface area contributed by atoms with Gasteiger partial charge in [-0.05, 0) is 18.9 Å².